The lowest BCUT2D eigenvalue weighted by Crippen LogP contribution is -2.43. The number of fused-ring (bicyclic) bond motifs is 4. The largest absolute Gasteiger partial charge is 0.504 e. The van der Waals surface area contributed by atoms with Crippen molar-refractivity contribution < 1.29 is 29.0 Å². The second-order valence-electron chi connectivity index (χ2n) is 10.2. The first-order valence-corrected chi connectivity index (χ1v) is 13.5. The van der Waals surface area contributed by atoms with E-state index in [0.717, 1.165) is 5.57 Å². The summed E-state index contributed by atoms with van der Waals surface area (Å²) in [6.45, 7) is 4.57. The van der Waals surface area contributed by atoms with Gasteiger partial charge in [-0.1, -0.05) is 41.4 Å². The topological polar surface area (TPSA) is 104 Å². The fourth-order valence-corrected chi connectivity index (χ4v) is 7.40. The molecular formula is C27H31BrN2O6. The molecule has 2 aliphatic carbocycles. The van der Waals surface area contributed by atoms with Crippen LogP contribution in [0.5, 0.6) is 11.5 Å². The summed E-state index contributed by atoms with van der Waals surface area (Å²) in [7, 11) is 1.46. The van der Waals surface area contributed by atoms with Gasteiger partial charge in [-0.25, -0.2) is 0 Å². The van der Waals surface area contributed by atoms with Crippen molar-refractivity contribution in [3.8, 4) is 11.5 Å². The molecule has 3 fully saturated rings. The third kappa shape index (κ3) is 3.53. The van der Waals surface area contributed by atoms with Gasteiger partial charge in [0.25, 0.3) is 0 Å². The van der Waals surface area contributed by atoms with Crippen molar-refractivity contribution in [1.29, 1.82) is 0 Å². The molecule has 9 heteroatoms. The number of hydrogen-bond acceptors (Lipinski definition) is 6. The van der Waals surface area contributed by atoms with Crippen LogP contribution in [0.15, 0.2) is 28.3 Å². The molecule has 2 saturated heterocycles. The molecule has 0 bridgehead atoms. The molecule has 0 aromatic heterocycles. The molecule has 4 aliphatic rings. The normalized spacial score (nSPS) is 31.4. The van der Waals surface area contributed by atoms with E-state index in [9.17, 15) is 24.3 Å². The minimum atomic E-state index is -0.674. The van der Waals surface area contributed by atoms with Gasteiger partial charge in [0.05, 0.1) is 30.8 Å². The number of amides is 4. The monoisotopic (exact) mass is 558 g/mol. The Balaban J connectivity index is 1.67. The molecule has 1 saturated carbocycles. The molecule has 6 atom stereocenters. The van der Waals surface area contributed by atoms with Crippen molar-refractivity contribution in [1.82, 2.24) is 9.80 Å². The van der Waals surface area contributed by atoms with Crippen LogP contribution in [-0.4, -0.2) is 58.7 Å². The standard InChI is InChI=1S/C27H31BrN2O6/c1-4-8-29-24(32)15-7-6-14-16(21(15)26(29)34)12-18-22(27(35)30(9-5-2)25(18)33)20(14)17-10-13(28)11-19(36-3)23(17)31/h6,10-11,15-16,18,20-22,31H,4-5,7-9,12H2,1-3H3/t15-,16+,18+,20+,21-,22+/m0/s1. The third-order valence-electron chi connectivity index (χ3n) is 8.35. The first kappa shape index (κ1) is 25.0. The Labute approximate surface area is 218 Å². The highest BCUT2D eigenvalue weighted by molar-refractivity contribution is 9.10. The van der Waals surface area contributed by atoms with E-state index in [0.29, 0.717) is 48.8 Å². The van der Waals surface area contributed by atoms with Gasteiger partial charge in [0.2, 0.25) is 23.6 Å². The number of rotatable bonds is 6. The molecule has 0 spiro atoms. The second kappa shape index (κ2) is 9.32. The Bertz CT molecular complexity index is 1180. The summed E-state index contributed by atoms with van der Waals surface area (Å²) in [4.78, 5) is 56.5. The molecule has 0 radical (unpaired) electrons. The molecule has 4 amide bonds. The fourth-order valence-electron chi connectivity index (χ4n) is 6.94. The SMILES string of the molecule is CCCN1C(=O)[C@H]2[C@H](CC=C3[C@H]2C[C@H]2C(=O)N(CCC)C(=O)[C@H]2[C@H]3c2cc(Br)cc(OC)c2O)C1=O. The summed E-state index contributed by atoms with van der Waals surface area (Å²) in [5.74, 6) is -3.83. The third-order valence-corrected chi connectivity index (χ3v) is 8.81. The van der Waals surface area contributed by atoms with Crippen molar-refractivity contribution in [2.24, 2.45) is 29.6 Å². The lowest BCUT2D eigenvalue weighted by molar-refractivity contribution is -0.142. The van der Waals surface area contributed by atoms with Crippen molar-refractivity contribution in [3.63, 3.8) is 0 Å². The van der Waals surface area contributed by atoms with E-state index in [1.165, 1.54) is 16.9 Å². The van der Waals surface area contributed by atoms with Gasteiger partial charge in [0, 0.05) is 29.0 Å². The lowest BCUT2D eigenvalue weighted by atomic mass is 9.57. The van der Waals surface area contributed by atoms with Gasteiger partial charge in [0.1, 0.15) is 0 Å². The number of ether oxygens (including phenoxy) is 1. The van der Waals surface area contributed by atoms with Gasteiger partial charge in [-0.3, -0.25) is 29.0 Å². The number of aromatic hydroxyl groups is 1. The predicted molar refractivity (Wildman–Crippen MR) is 134 cm³/mol. The number of carbonyl (C=O) groups is 4. The second-order valence-corrected chi connectivity index (χ2v) is 11.1. The summed E-state index contributed by atoms with van der Waals surface area (Å²) in [5.41, 5.74) is 1.36. The maximum Gasteiger partial charge on any atom is 0.234 e. The smallest absolute Gasteiger partial charge is 0.234 e. The van der Waals surface area contributed by atoms with E-state index in [4.69, 9.17) is 4.74 Å². The minimum absolute atomic E-state index is 0.0799. The van der Waals surface area contributed by atoms with Crippen LogP contribution in [-0.2, 0) is 19.2 Å². The molecule has 8 nitrogen and oxygen atoms in total. The van der Waals surface area contributed by atoms with Crippen molar-refractivity contribution in [3.05, 3.63) is 33.8 Å². The number of halogens is 1. The fraction of sp³-hybridized carbons (Fsp3) is 0.556. The lowest BCUT2D eigenvalue weighted by Gasteiger charge is -2.44. The first-order valence-electron chi connectivity index (χ1n) is 12.7. The van der Waals surface area contributed by atoms with E-state index in [1.54, 1.807) is 12.1 Å². The number of benzene rings is 1. The van der Waals surface area contributed by atoms with Crippen molar-refractivity contribution >= 4 is 39.6 Å². The zero-order valence-electron chi connectivity index (χ0n) is 20.7. The summed E-state index contributed by atoms with van der Waals surface area (Å²) in [6.07, 6.45) is 4.07. The molecule has 2 aliphatic heterocycles. The van der Waals surface area contributed by atoms with Gasteiger partial charge in [-0.2, -0.15) is 0 Å². The summed E-state index contributed by atoms with van der Waals surface area (Å²) < 4.78 is 6.06. The van der Waals surface area contributed by atoms with Crippen LogP contribution in [0.4, 0.5) is 0 Å². The molecule has 5 rings (SSSR count). The Morgan fingerprint density at radius 1 is 0.917 bits per heavy atom. The number of phenolic OH excluding ortho intramolecular Hbond substituents is 1. The van der Waals surface area contributed by atoms with Crippen LogP contribution < -0.4 is 4.74 Å². The van der Waals surface area contributed by atoms with E-state index < -0.39 is 29.6 Å². The van der Waals surface area contributed by atoms with Gasteiger partial charge in [-0.15, -0.1) is 0 Å². The average molecular weight is 559 g/mol. The summed E-state index contributed by atoms with van der Waals surface area (Å²) in [5, 5.41) is 11.2. The highest BCUT2D eigenvalue weighted by Gasteiger charge is 2.62. The number of phenols is 1. The number of nitrogens with zero attached hydrogens (tertiary/aromatic N) is 2. The highest BCUT2D eigenvalue weighted by atomic mass is 79.9. The van der Waals surface area contributed by atoms with E-state index in [1.807, 2.05) is 19.9 Å². The molecule has 0 unspecified atom stereocenters. The molecule has 36 heavy (non-hydrogen) atoms. The van der Waals surface area contributed by atoms with Gasteiger partial charge in [-0.05, 0) is 43.7 Å². The quantitative estimate of drug-likeness (QED) is 0.422. The molecule has 1 aromatic carbocycles. The van der Waals surface area contributed by atoms with Crippen LogP contribution in [0.2, 0.25) is 0 Å². The molecular weight excluding hydrogens is 528 g/mol. The minimum Gasteiger partial charge on any atom is -0.504 e. The van der Waals surface area contributed by atoms with Gasteiger partial charge in [0.15, 0.2) is 11.5 Å². The van der Waals surface area contributed by atoms with Crippen molar-refractivity contribution in [2.45, 2.75) is 45.4 Å². The Hall–Kier alpha value is -2.68. The van der Waals surface area contributed by atoms with E-state index >= 15 is 0 Å². The van der Waals surface area contributed by atoms with Crippen LogP contribution in [0.3, 0.4) is 0 Å². The summed E-state index contributed by atoms with van der Waals surface area (Å²) >= 11 is 3.49. The molecule has 192 valence electrons. The van der Waals surface area contributed by atoms with E-state index in [2.05, 4.69) is 15.9 Å². The Morgan fingerprint density at radius 2 is 1.53 bits per heavy atom. The van der Waals surface area contributed by atoms with Crippen molar-refractivity contribution in [2.75, 3.05) is 20.2 Å². The number of imide groups is 2. The predicted octanol–water partition coefficient (Wildman–Crippen LogP) is 3.62. The number of allylic oxidation sites excluding steroid dienone is 2. The average Bonchev–Trinajstić information content (AvgIpc) is 3.24. The van der Waals surface area contributed by atoms with E-state index in [-0.39, 0.29) is 41.0 Å². The first-order chi connectivity index (χ1) is 17.2. The van der Waals surface area contributed by atoms with Crippen LogP contribution in [0.1, 0.15) is 51.0 Å². The Morgan fingerprint density at radius 3 is 2.14 bits per heavy atom. The van der Waals surface area contributed by atoms with Crippen LogP contribution in [0, 0.1) is 29.6 Å². The number of hydrogen-bond donors (Lipinski definition) is 1. The van der Waals surface area contributed by atoms with Gasteiger partial charge < -0.3 is 9.84 Å². The molecule has 1 N–H and O–H groups in total. The highest BCUT2D eigenvalue weighted by Crippen LogP contribution is 2.59. The summed E-state index contributed by atoms with van der Waals surface area (Å²) in [6, 6.07) is 3.41. The zero-order chi connectivity index (χ0) is 25.9. The molecule has 1 aromatic rings. The number of carbonyl (C=O) groups excluding carboxylic acids is 4. The molecule has 2 heterocycles. The maximum absolute atomic E-state index is 13.7. The van der Waals surface area contributed by atoms with Gasteiger partial charge >= 0.3 is 0 Å². The van der Waals surface area contributed by atoms with Crippen LogP contribution >= 0.6 is 15.9 Å². The number of methoxy groups -OCH3 is 1. The maximum atomic E-state index is 13.7. The number of likely N-dealkylation sites (tertiary alicyclic amines) is 2. The van der Waals surface area contributed by atoms with Crippen LogP contribution in [0.25, 0.3) is 0 Å². The zero-order valence-corrected chi connectivity index (χ0v) is 22.3. The Kier molecular flexibility index (Phi) is 6.47.